The van der Waals surface area contributed by atoms with E-state index >= 15 is 0 Å². The maximum atomic E-state index is 13.9. The number of carbonyl (C=O) groups excluding carboxylic acids is 3. The number of carbonyl (C=O) groups is 3. The molecule has 1 saturated carbocycles. The predicted octanol–water partition coefficient (Wildman–Crippen LogP) is 2.10. The van der Waals surface area contributed by atoms with Gasteiger partial charge in [0.1, 0.15) is 11.6 Å². The van der Waals surface area contributed by atoms with Gasteiger partial charge in [-0.05, 0) is 30.3 Å². The standard InChI is InChI=1S/C20H16F2N4O3/c21-9-1-4-16(15(22)5-9)26-7-13-14(8-26)17(13)24-20(29)23-10-2-3-11-12(6-10)19(28)25-18(11)27/h1-6,13-14,17H,7-8H2,(H2,23,24,29)(H,25,27,28)/t13-,14+,17+. The molecule has 2 fully saturated rings. The maximum absolute atomic E-state index is 13.9. The van der Waals surface area contributed by atoms with Crippen LogP contribution >= 0.6 is 0 Å². The van der Waals surface area contributed by atoms with Gasteiger partial charge in [-0.15, -0.1) is 0 Å². The second-order valence-electron chi connectivity index (χ2n) is 7.50. The maximum Gasteiger partial charge on any atom is 0.319 e. The normalized spacial score (nSPS) is 24.1. The molecule has 7 nitrogen and oxygen atoms in total. The molecule has 5 rings (SSSR count). The summed E-state index contributed by atoms with van der Waals surface area (Å²) < 4.78 is 27.0. The summed E-state index contributed by atoms with van der Waals surface area (Å²) in [7, 11) is 0. The Labute approximate surface area is 164 Å². The highest BCUT2D eigenvalue weighted by atomic mass is 19.1. The lowest BCUT2D eigenvalue weighted by molar-refractivity contribution is 0.0879. The molecule has 4 amide bonds. The van der Waals surface area contributed by atoms with Crippen LogP contribution in [-0.2, 0) is 0 Å². The van der Waals surface area contributed by atoms with Crippen LogP contribution in [-0.4, -0.2) is 37.0 Å². The van der Waals surface area contributed by atoms with E-state index < -0.39 is 29.5 Å². The number of amides is 4. The summed E-state index contributed by atoms with van der Waals surface area (Å²) in [5.74, 6) is -1.73. The number of urea groups is 1. The zero-order chi connectivity index (χ0) is 20.3. The highest BCUT2D eigenvalue weighted by Crippen LogP contribution is 2.47. The van der Waals surface area contributed by atoms with Gasteiger partial charge < -0.3 is 15.5 Å². The molecular formula is C20H16F2N4O3. The molecule has 3 aliphatic rings. The van der Waals surface area contributed by atoms with Crippen LogP contribution < -0.4 is 20.9 Å². The Morgan fingerprint density at radius 2 is 1.72 bits per heavy atom. The summed E-state index contributed by atoms with van der Waals surface area (Å²) in [6.07, 6.45) is 0. The minimum Gasteiger partial charge on any atom is -0.368 e. The van der Waals surface area contributed by atoms with Gasteiger partial charge in [-0.1, -0.05) is 0 Å². The van der Waals surface area contributed by atoms with Crippen molar-refractivity contribution in [3.8, 4) is 0 Å². The first-order valence-corrected chi connectivity index (χ1v) is 9.18. The molecule has 2 heterocycles. The van der Waals surface area contributed by atoms with Gasteiger partial charge in [0.05, 0.1) is 16.8 Å². The molecule has 0 bridgehead atoms. The van der Waals surface area contributed by atoms with E-state index in [9.17, 15) is 23.2 Å². The Bertz CT molecular complexity index is 1060. The second kappa shape index (κ2) is 6.26. The van der Waals surface area contributed by atoms with Crippen molar-refractivity contribution in [3.05, 3.63) is 59.2 Å². The van der Waals surface area contributed by atoms with E-state index in [0.29, 0.717) is 24.5 Å². The largest absolute Gasteiger partial charge is 0.368 e. The van der Waals surface area contributed by atoms with E-state index in [1.807, 2.05) is 4.90 Å². The number of rotatable bonds is 3. The monoisotopic (exact) mass is 398 g/mol. The number of imide groups is 1. The number of halogens is 2. The van der Waals surface area contributed by atoms with Gasteiger partial charge in [-0.2, -0.15) is 0 Å². The SMILES string of the molecule is O=C(Nc1ccc2c(c1)C(=O)NC2=O)N[C@H]1[C@@H]2CN(c3ccc(F)cc3F)C[C@@H]21. The fraction of sp³-hybridized carbons (Fsp3) is 0.250. The fourth-order valence-electron chi connectivity index (χ4n) is 4.24. The molecule has 2 aromatic carbocycles. The zero-order valence-corrected chi connectivity index (χ0v) is 15.0. The van der Waals surface area contributed by atoms with Crippen LogP contribution in [0.4, 0.5) is 25.0 Å². The number of fused-ring (bicyclic) bond motifs is 2. The molecule has 2 aromatic rings. The summed E-state index contributed by atoms with van der Waals surface area (Å²) in [6.45, 7) is 1.17. The summed E-state index contributed by atoms with van der Waals surface area (Å²) in [5, 5.41) is 7.76. The predicted molar refractivity (Wildman–Crippen MR) is 99.7 cm³/mol. The number of nitrogens with one attached hydrogen (secondary N) is 3. The Hall–Kier alpha value is -3.49. The molecule has 3 atom stereocenters. The summed E-state index contributed by atoms with van der Waals surface area (Å²) in [6, 6.07) is 7.61. The minimum absolute atomic E-state index is 0.0194. The van der Waals surface area contributed by atoms with Gasteiger partial charge >= 0.3 is 6.03 Å². The van der Waals surface area contributed by atoms with Crippen molar-refractivity contribution in [2.75, 3.05) is 23.3 Å². The Balaban J connectivity index is 1.18. The molecule has 29 heavy (non-hydrogen) atoms. The number of hydrogen-bond acceptors (Lipinski definition) is 4. The van der Waals surface area contributed by atoms with Crippen molar-refractivity contribution in [1.29, 1.82) is 0 Å². The van der Waals surface area contributed by atoms with Crippen molar-refractivity contribution in [1.82, 2.24) is 10.6 Å². The lowest BCUT2D eigenvalue weighted by Gasteiger charge is -2.23. The van der Waals surface area contributed by atoms with Crippen molar-refractivity contribution >= 4 is 29.2 Å². The third-order valence-corrected chi connectivity index (χ3v) is 5.74. The van der Waals surface area contributed by atoms with E-state index in [0.717, 1.165) is 6.07 Å². The van der Waals surface area contributed by atoms with Crippen LogP contribution in [0.1, 0.15) is 20.7 Å². The summed E-state index contributed by atoms with van der Waals surface area (Å²) in [5.41, 5.74) is 1.29. The first-order chi connectivity index (χ1) is 13.9. The average Bonchev–Trinajstić information content (AvgIpc) is 2.99. The molecule has 2 aliphatic heterocycles. The van der Waals surface area contributed by atoms with E-state index in [2.05, 4.69) is 16.0 Å². The molecule has 1 saturated heterocycles. The fourth-order valence-corrected chi connectivity index (χ4v) is 4.24. The molecule has 0 aromatic heterocycles. The Morgan fingerprint density at radius 3 is 2.45 bits per heavy atom. The number of nitrogens with zero attached hydrogens (tertiary/aromatic N) is 1. The van der Waals surface area contributed by atoms with E-state index in [1.54, 1.807) is 6.07 Å². The van der Waals surface area contributed by atoms with Crippen LogP contribution in [0.25, 0.3) is 0 Å². The highest BCUT2D eigenvalue weighted by Gasteiger charge is 2.56. The van der Waals surface area contributed by atoms with Crippen molar-refractivity contribution in [2.45, 2.75) is 6.04 Å². The smallest absolute Gasteiger partial charge is 0.319 e. The lowest BCUT2D eigenvalue weighted by atomic mass is 10.1. The summed E-state index contributed by atoms with van der Waals surface area (Å²) >= 11 is 0. The molecule has 1 aliphatic carbocycles. The van der Waals surface area contributed by atoms with Crippen LogP contribution in [0.2, 0.25) is 0 Å². The van der Waals surface area contributed by atoms with Crippen LogP contribution in [0.5, 0.6) is 0 Å². The van der Waals surface area contributed by atoms with Crippen LogP contribution in [0.3, 0.4) is 0 Å². The van der Waals surface area contributed by atoms with Crippen LogP contribution in [0.15, 0.2) is 36.4 Å². The first kappa shape index (κ1) is 17.6. The number of piperidine rings is 1. The molecule has 0 spiro atoms. The molecule has 3 N–H and O–H groups in total. The van der Waals surface area contributed by atoms with Gasteiger partial charge in [-0.25, -0.2) is 13.6 Å². The number of benzene rings is 2. The minimum atomic E-state index is -0.611. The number of anilines is 2. The molecule has 148 valence electrons. The molecular weight excluding hydrogens is 382 g/mol. The Kier molecular flexibility index (Phi) is 3.80. The molecule has 0 unspecified atom stereocenters. The van der Waals surface area contributed by atoms with E-state index in [-0.39, 0.29) is 29.0 Å². The third-order valence-electron chi connectivity index (χ3n) is 5.74. The molecule has 9 heteroatoms. The lowest BCUT2D eigenvalue weighted by Crippen LogP contribution is -2.37. The van der Waals surface area contributed by atoms with Gasteiger partial charge in [0.25, 0.3) is 11.8 Å². The van der Waals surface area contributed by atoms with E-state index in [4.69, 9.17) is 0 Å². The quantitative estimate of drug-likeness (QED) is 0.691. The van der Waals surface area contributed by atoms with Gasteiger partial charge in [0.15, 0.2) is 0 Å². The van der Waals surface area contributed by atoms with Crippen LogP contribution in [0, 0.1) is 23.5 Å². The first-order valence-electron chi connectivity index (χ1n) is 9.18. The number of hydrogen-bond donors (Lipinski definition) is 3. The average molecular weight is 398 g/mol. The van der Waals surface area contributed by atoms with Gasteiger partial charge in [0.2, 0.25) is 0 Å². The van der Waals surface area contributed by atoms with Gasteiger partial charge in [0, 0.05) is 42.7 Å². The van der Waals surface area contributed by atoms with E-state index in [1.165, 1.54) is 24.3 Å². The zero-order valence-electron chi connectivity index (χ0n) is 15.0. The summed E-state index contributed by atoms with van der Waals surface area (Å²) in [4.78, 5) is 37.4. The highest BCUT2D eigenvalue weighted by molar-refractivity contribution is 6.22. The van der Waals surface area contributed by atoms with Gasteiger partial charge in [-0.3, -0.25) is 14.9 Å². The van der Waals surface area contributed by atoms with Crippen molar-refractivity contribution in [2.24, 2.45) is 11.8 Å². The third kappa shape index (κ3) is 2.98. The van der Waals surface area contributed by atoms with Crippen molar-refractivity contribution < 1.29 is 23.2 Å². The second-order valence-corrected chi connectivity index (χ2v) is 7.50. The van der Waals surface area contributed by atoms with Crippen molar-refractivity contribution in [3.63, 3.8) is 0 Å². The topological polar surface area (TPSA) is 90.5 Å². The molecule has 0 radical (unpaired) electrons. The Morgan fingerprint density at radius 1 is 1.00 bits per heavy atom.